The summed E-state index contributed by atoms with van der Waals surface area (Å²) in [7, 11) is 4.61. The summed E-state index contributed by atoms with van der Waals surface area (Å²) in [4.78, 5) is 16.6. The third-order valence-electron chi connectivity index (χ3n) is 4.08. The largest absolute Gasteiger partial charge is 0.493 e. The number of cyclic esters (lactones) is 1. The second-order valence-corrected chi connectivity index (χ2v) is 6.17. The summed E-state index contributed by atoms with van der Waals surface area (Å²) in [5, 5.41) is 0. The van der Waals surface area contributed by atoms with Crippen LogP contribution in [0.4, 0.5) is 0 Å². The van der Waals surface area contributed by atoms with Crippen LogP contribution in [0.5, 0.6) is 17.2 Å². The number of carbonyl (C=O) groups is 1. The number of benzene rings is 2. The molecule has 1 aliphatic heterocycles. The van der Waals surface area contributed by atoms with Gasteiger partial charge in [-0.25, -0.2) is 9.79 Å². The van der Waals surface area contributed by atoms with E-state index >= 15 is 0 Å². The summed E-state index contributed by atoms with van der Waals surface area (Å²) in [6.45, 7) is 3.97. The molecule has 0 radical (unpaired) electrons. The number of esters is 1. The van der Waals surface area contributed by atoms with Gasteiger partial charge in [-0.2, -0.15) is 0 Å². The Balaban J connectivity index is 2.02. The average Bonchev–Trinajstić information content (AvgIpc) is 3.00. The molecule has 0 N–H and O–H groups in total. The second-order valence-electron chi connectivity index (χ2n) is 6.17. The Hall–Kier alpha value is -3.28. The number of rotatable bonds is 5. The van der Waals surface area contributed by atoms with E-state index in [9.17, 15) is 4.79 Å². The van der Waals surface area contributed by atoms with Crippen LogP contribution in [0.2, 0.25) is 0 Å². The number of methoxy groups -OCH3 is 3. The molecule has 0 aromatic heterocycles. The fourth-order valence-electron chi connectivity index (χ4n) is 2.97. The first-order valence-corrected chi connectivity index (χ1v) is 8.36. The molecular weight excluding hydrogens is 346 g/mol. The number of nitrogens with zero attached hydrogens (tertiary/aromatic N) is 1. The molecule has 1 aliphatic rings. The Labute approximate surface area is 158 Å². The summed E-state index contributed by atoms with van der Waals surface area (Å²) < 4.78 is 21.4. The molecule has 0 unspecified atom stereocenters. The van der Waals surface area contributed by atoms with Gasteiger partial charge in [0.2, 0.25) is 11.6 Å². The molecule has 0 atom stereocenters. The first-order valence-electron chi connectivity index (χ1n) is 8.36. The minimum atomic E-state index is -0.502. The molecule has 6 heteroatoms. The zero-order valence-electron chi connectivity index (χ0n) is 16.0. The van der Waals surface area contributed by atoms with Crippen LogP contribution in [0.15, 0.2) is 41.0 Å². The topological polar surface area (TPSA) is 66.4 Å². The van der Waals surface area contributed by atoms with Gasteiger partial charge in [0.1, 0.15) is 0 Å². The van der Waals surface area contributed by atoms with Crippen molar-refractivity contribution in [1.82, 2.24) is 0 Å². The Morgan fingerprint density at radius 3 is 2.00 bits per heavy atom. The van der Waals surface area contributed by atoms with E-state index in [0.717, 1.165) is 16.7 Å². The van der Waals surface area contributed by atoms with E-state index in [2.05, 4.69) is 4.99 Å². The van der Waals surface area contributed by atoms with Crippen molar-refractivity contribution in [1.29, 1.82) is 0 Å². The van der Waals surface area contributed by atoms with E-state index in [-0.39, 0.29) is 5.70 Å². The van der Waals surface area contributed by atoms with Gasteiger partial charge in [-0.3, -0.25) is 0 Å². The summed E-state index contributed by atoms with van der Waals surface area (Å²) in [5.41, 5.74) is 3.81. The minimum Gasteiger partial charge on any atom is -0.493 e. The van der Waals surface area contributed by atoms with E-state index in [4.69, 9.17) is 18.9 Å². The lowest BCUT2D eigenvalue weighted by Crippen LogP contribution is -2.06. The predicted molar refractivity (Wildman–Crippen MR) is 103 cm³/mol. The predicted octanol–water partition coefficient (Wildman–Crippen LogP) is 3.67. The first kappa shape index (κ1) is 18.5. The molecule has 140 valence electrons. The van der Waals surface area contributed by atoms with Crippen molar-refractivity contribution in [2.75, 3.05) is 21.3 Å². The van der Waals surface area contributed by atoms with Crippen molar-refractivity contribution in [2.45, 2.75) is 13.8 Å². The SMILES string of the molecule is COc1cc(/C=C2\N=C(c3cc(C)cc(C)c3)OC2=O)cc(OC)c1OC. The van der Waals surface area contributed by atoms with Gasteiger partial charge in [-0.05, 0) is 49.8 Å². The van der Waals surface area contributed by atoms with Crippen LogP contribution in [0.3, 0.4) is 0 Å². The van der Waals surface area contributed by atoms with Gasteiger partial charge < -0.3 is 18.9 Å². The zero-order chi connectivity index (χ0) is 19.6. The molecular formula is C21H21NO5. The lowest BCUT2D eigenvalue weighted by Gasteiger charge is -2.12. The Kier molecular flexibility index (Phi) is 5.16. The fourth-order valence-corrected chi connectivity index (χ4v) is 2.97. The summed E-state index contributed by atoms with van der Waals surface area (Å²) in [6.07, 6.45) is 1.63. The van der Waals surface area contributed by atoms with Crippen molar-refractivity contribution >= 4 is 17.9 Å². The quantitative estimate of drug-likeness (QED) is 0.596. The molecule has 0 spiro atoms. The highest BCUT2D eigenvalue weighted by Gasteiger charge is 2.25. The first-order chi connectivity index (χ1) is 12.9. The Morgan fingerprint density at radius 2 is 1.48 bits per heavy atom. The smallest absolute Gasteiger partial charge is 0.363 e. The van der Waals surface area contributed by atoms with Crippen LogP contribution >= 0.6 is 0 Å². The normalized spacial score (nSPS) is 14.8. The van der Waals surface area contributed by atoms with Crippen LogP contribution in [0, 0.1) is 13.8 Å². The monoisotopic (exact) mass is 367 g/mol. The lowest BCUT2D eigenvalue weighted by molar-refractivity contribution is -0.129. The van der Waals surface area contributed by atoms with E-state index < -0.39 is 5.97 Å². The van der Waals surface area contributed by atoms with Crippen molar-refractivity contribution in [3.05, 3.63) is 58.3 Å². The summed E-state index contributed by atoms with van der Waals surface area (Å²) in [5.74, 6) is 1.26. The maximum atomic E-state index is 12.3. The average molecular weight is 367 g/mol. The number of aryl methyl sites for hydroxylation is 2. The molecule has 0 bridgehead atoms. The molecule has 27 heavy (non-hydrogen) atoms. The third-order valence-corrected chi connectivity index (χ3v) is 4.08. The molecule has 1 heterocycles. The van der Waals surface area contributed by atoms with E-state index in [0.29, 0.717) is 28.7 Å². The Bertz CT molecular complexity index is 914. The molecule has 0 saturated carbocycles. The Morgan fingerprint density at radius 1 is 0.889 bits per heavy atom. The van der Waals surface area contributed by atoms with Crippen molar-refractivity contribution in [3.8, 4) is 17.2 Å². The van der Waals surface area contributed by atoms with Crippen LogP contribution in [0.1, 0.15) is 22.3 Å². The van der Waals surface area contributed by atoms with Crippen LogP contribution in [-0.2, 0) is 9.53 Å². The number of aliphatic imine (C=N–C) groups is 1. The lowest BCUT2D eigenvalue weighted by atomic mass is 10.1. The highest BCUT2D eigenvalue weighted by atomic mass is 16.6. The van der Waals surface area contributed by atoms with E-state index in [1.54, 1.807) is 18.2 Å². The van der Waals surface area contributed by atoms with Gasteiger partial charge in [0, 0.05) is 5.56 Å². The highest BCUT2D eigenvalue weighted by Crippen LogP contribution is 2.39. The molecule has 6 nitrogen and oxygen atoms in total. The van der Waals surface area contributed by atoms with Crippen molar-refractivity contribution < 1.29 is 23.7 Å². The fraction of sp³-hybridized carbons (Fsp3) is 0.238. The number of hydrogen-bond donors (Lipinski definition) is 0. The molecule has 2 aromatic rings. The zero-order valence-corrected chi connectivity index (χ0v) is 16.0. The van der Waals surface area contributed by atoms with Crippen molar-refractivity contribution in [2.24, 2.45) is 4.99 Å². The van der Waals surface area contributed by atoms with Crippen molar-refractivity contribution in [3.63, 3.8) is 0 Å². The molecule has 0 saturated heterocycles. The number of ether oxygens (including phenoxy) is 4. The molecule has 2 aromatic carbocycles. The van der Waals surface area contributed by atoms with Gasteiger partial charge in [-0.1, -0.05) is 17.2 Å². The van der Waals surface area contributed by atoms with Crippen LogP contribution in [-0.4, -0.2) is 33.2 Å². The highest BCUT2D eigenvalue weighted by molar-refractivity contribution is 6.13. The number of carbonyl (C=O) groups excluding carboxylic acids is 1. The second kappa shape index (κ2) is 7.53. The third kappa shape index (κ3) is 3.79. The molecule has 0 fully saturated rings. The summed E-state index contributed by atoms with van der Waals surface area (Å²) >= 11 is 0. The van der Waals surface area contributed by atoms with Gasteiger partial charge in [0.25, 0.3) is 0 Å². The minimum absolute atomic E-state index is 0.207. The van der Waals surface area contributed by atoms with E-state index in [1.165, 1.54) is 21.3 Å². The summed E-state index contributed by atoms with van der Waals surface area (Å²) in [6, 6.07) is 9.40. The maximum Gasteiger partial charge on any atom is 0.363 e. The number of hydrogen-bond acceptors (Lipinski definition) is 6. The molecule has 3 rings (SSSR count). The molecule has 0 amide bonds. The van der Waals surface area contributed by atoms with Gasteiger partial charge in [0.05, 0.1) is 21.3 Å². The van der Waals surface area contributed by atoms with Crippen LogP contribution in [0.25, 0.3) is 6.08 Å². The standard InChI is InChI=1S/C21H21NO5/c1-12-6-13(2)8-15(7-12)20-22-16(21(23)27-20)9-14-10-17(24-3)19(26-5)18(11-14)25-4/h6-11H,1-5H3/b16-9-. The molecule has 0 aliphatic carbocycles. The van der Waals surface area contributed by atoms with Gasteiger partial charge in [0.15, 0.2) is 17.2 Å². The van der Waals surface area contributed by atoms with Gasteiger partial charge in [-0.15, -0.1) is 0 Å². The van der Waals surface area contributed by atoms with Crippen LogP contribution < -0.4 is 14.2 Å². The van der Waals surface area contributed by atoms with Gasteiger partial charge >= 0.3 is 5.97 Å². The van der Waals surface area contributed by atoms with E-state index in [1.807, 2.05) is 32.0 Å². The maximum absolute atomic E-state index is 12.3.